The molecule has 2 atom stereocenters. The molecule has 0 fully saturated rings. The molecule has 0 aliphatic rings. The molecule has 4 nitrogen and oxygen atoms in total. The molecule has 2 aromatic carbocycles. The van der Waals surface area contributed by atoms with Gasteiger partial charge in [-0.15, -0.1) is 0 Å². The van der Waals surface area contributed by atoms with Crippen molar-refractivity contribution < 1.29 is 19.3 Å². The fourth-order valence-corrected chi connectivity index (χ4v) is 3.86. The fourth-order valence-electron chi connectivity index (χ4n) is 3.86. The van der Waals surface area contributed by atoms with E-state index < -0.39 is 11.4 Å². The van der Waals surface area contributed by atoms with Crippen LogP contribution in [0.2, 0.25) is 0 Å². The largest absolute Gasteiger partial charge is 0.481 e. The molecule has 0 spiro atoms. The minimum atomic E-state index is -0.805. The van der Waals surface area contributed by atoms with Crippen molar-refractivity contribution >= 4 is 20.9 Å². The van der Waals surface area contributed by atoms with Crippen LogP contribution in [0.25, 0.3) is 0 Å². The molecule has 2 unspecified atom stereocenters. The molecule has 2 aromatic rings. The molecular weight excluding hydrogens is 383 g/mol. The SMILES string of the molecule is Cc1cc(C)c(C(=O)CCCCC(C)(Cc2ccccc2)C(=O)O)c(C)c1.O=[PH2+]. The molecule has 0 aliphatic heterocycles. The van der Waals surface area contributed by atoms with Crippen LogP contribution in [0.5, 0.6) is 0 Å². The van der Waals surface area contributed by atoms with Crippen LogP contribution in [0.4, 0.5) is 0 Å². The maximum Gasteiger partial charge on any atom is 0.310 e. The minimum Gasteiger partial charge on any atom is -0.481 e. The highest BCUT2D eigenvalue weighted by Gasteiger charge is 2.32. The molecule has 2 rings (SSSR count). The summed E-state index contributed by atoms with van der Waals surface area (Å²) in [5, 5.41) is 9.71. The van der Waals surface area contributed by atoms with Crippen LogP contribution >= 0.6 is 9.12 Å². The normalized spacial score (nSPS) is 12.4. The summed E-state index contributed by atoms with van der Waals surface area (Å²) in [5.41, 5.74) is 4.27. The average Bonchev–Trinajstić information content (AvgIpc) is 2.67. The smallest absolute Gasteiger partial charge is 0.310 e. The van der Waals surface area contributed by atoms with Crippen molar-refractivity contribution in [3.63, 3.8) is 0 Å². The van der Waals surface area contributed by atoms with E-state index in [2.05, 4.69) is 0 Å². The predicted molar refractivity (Wildman–Crippen MR) is 120 cm³/mol. The maximum atomic E-state index is 12.6. The quantitative estimate of drug-likeness (QED) is 0.315. The second-order valence-corrected chi connectivity index (χ2v) is 7.93. The van der Waals surface area contributed by atoms with Crippen LogP contribution in [-0.2, 0) is 15.8 Å². The molecule has 156 valence electrons. The molecule has 5 heteroatoms. The number of hydrogen-bond donors (Lipinski definition) is 1. The minimum absolute atomic E-state index is 0.157. The van der Waals surface area contributed by atoms with Gasteiger partial charge in [0.25, 0.3) is 0 Å². The highest BCUT2D eigenvalue weighted by Crippen LogP contribution is 2.30. The Labute approximate surface area is 176 Å². The molecule has 0 saturated carbocycles. The first kappa shape index (κ1) is 24.7. The second-order valence-electron chi connectivity index (χ2n) is 7.93. The van der Waals surface area contributed by atoms with Gasteiger partial charge < -0.3 is 5.11 Å². The highest BCUT2D eigenvalue weighted by molar-refractivity contribution is 7.00. The van der Waals surface area contributed by atoms with E-state index in [1.807, 2.05) is 63.2 Å². The standard InChI is InChI=1S/C24H30O3.H2OP/c1-17-14-18(2)22(19(3)15-17)21(25)12-8-9-13-24(4,23(26)27)16-20-10-6-5-7-11-20;1-2/h5-7,10-11,14-15H,8-9,12-13,16H2,1-4H3,(H,26,27);2H2/q;+1. The van der Waals surface area contributed by atoms with E-state index in [-0.39, 0.29) is 5.78 Å². The number of unbranched alkanes of at least 4 members (excludes halogenated alkanes) is 1. The summed E-state index contributed by atoms with van der Waals surface area (Å²) in [6.07, 6.45) is 2.98. The monoisotopic (exact) mass is 415 g/mol. The van der Waals surface area contributed by atoms with E-state index in [1.54, 1.807) is 6.92 Å². The van der Waals surface area contributed by atoms with E-state index in [0.29, 0.717) is 25.7 Å². The summed E-state index contributed by atoms with van der Waals surface area (Å²) in [5.74, 6) is -0.618. The number of rotatable bonds is 9. The number of carboxylic acid groups (broad SMARTS) is 1. The van der Waals surface area contributed by atoms with Crippen LogP contribution in [0.15, 0.2) is 42.5 Å². The Hall–Kier alpha value is -2.32. The van der Waals surface area contributed by atoms with Gasteiger partial charge in [-0.05, 0) is 63.6 Å². The lowest BCUT2D eigenvalue weighted by Crippen LogP contribution is -2.30. The van der Waals surface area contributed by atoms with Crippen LogP contribution in [-0.4, -0.2) is 16.9 Å². The Morgan fingerprint density at radius 3 is 2.03 bits per heavy atom. The van der Waals surface area contributed by atoms with Gasteiger partial charge in [0.2, 0.25) is 0 Å². The Kier molecular flexibility index (Phi) is 9.91. The molecule has 29 heavy (non-hydrogen) atoms. The summed E-state index contributed by atoms with van der Waals surface area (Å²) in [4.78, 5) is 24.5. The van der Waals surface area contributed by atoms with Crippen LogP contribution < -0.4 is 0 Å². The predicted octanol–water partition coefficient (Wildman–Crippen LogP) is 5.90. The zero-order valence-corrected chi connectivity index (χ0v) is 19.0. The van der Waals surface area contributed by atoms with Crippen molar-refractivity contribution in [2.24, 2.45) is 5.41 Å². The van der Waals surface area contributed by atoms with Gasteiger partial charge in [0.15, 0.2) is 5.78 Å². The molecular formula is C24H32O4P+. The summed E-state index contributed by atoms with van der Waals surface area (Å²) in [6.45, 7) is 7.80. The Morgan fingerprint density at radius 1 is 0.966 bits per heavy atom. The topological polar surface area (TPSA) is 71.4 Å². The first-order valence-electron chi connectivity index (χ1n) is 9.85. The number of aliphatic carboxylic acids is 1. The number of carbonyl (C=O) groups excluding carboxylic acids is 1. The maximum absolute atomic E-state index is 12.6. The third-order valence-electron chi connectivity index (χ3n) is 5.29. The first-order valence-corrected chi connectivity index (χ1v) is 10.3. The van der Waals surface area contributed by atoms with E-state index in [1.165, 1.54) is 14.7 Å². The lowest BCUT2D eigenvalue weighted by molar-refractivity contribution is -0.148. The van der Waals surface area contributed by atoms with Crippen molar-refractivity contribution in [1.82, 2.24) is 0 Å². The molecule has 0 radical (unpaired) electrons. The van der Waals surface area contributed by atoms with E-state index in [4.69, 9.17) is 4.57 Å². The molecule has 1 N–H and O–H groups in total. The Morgan fingerprint density at radius 2 is 1.52 bits per heavy atom. The van der Waals surface area contributed by atoms with Crippen molar-refractivity contribution in [2.45, 2.75) is 59.8 Å². The summed E-state index contributed by atoms with van der Waals surface area (Å²) < 4.78 is 8.17. The number of benzene rings is 2. The van der Waals surface area contributed by atoms with Crippen molar-refractivity contribution in [3.05, 3.63) is 70.3 Å². The third kappa shape index (κ3) is 7.21. The van der Waals surface area contributed by atoms with Gasteiger partial charge in [-0.25, -0.2) is 0 Å². The summed E-state index contributed by atoms with van der Waals surface area (Å²) in [7, 11) is 1.17. The number of carboxylic acids is 1. The number of ketones is 1. The zero-order chi connectivity index (χ0) is 22.0. The summed E-state index contributed by atoms with van der Waals surface area (Å²) in [6, 6.07) is 13.8. The third-order valence-corrected chi connectivity index (χ3v) is 5.29. The van der Waals surface area contributed by atoms with Crippen molar-refractivity contribution in [2.75, 3.05) is 0 Å². The molecule has 0 saturated heterocycles. The van der Waals surface area contributed by atoms with Gasteiger partial charge in [-0.3, -0.25) is 9.59 Å². The van der Waals surface area contributed by atoms with Crippen LogP contribution in [0.1, 0.15) is 65.2 Å². The van der Waals surface area contributed by atoms with E-state index in [0.717, 1.165) is 28.7 Å². The van der Waals surface area contributed by atoms with E-state index >= 15 is 0 Å². The number of aryl methyl sites for hydroxylation is 3. The highest BCUT2D eigenvalue weighted by atomic mass is 31.0. The van der Waals surface area contributed by atoms with Gasteiger partial charge in [0.1, 0.15) is 0 Å². The van der Waals surface area contributed by atoms with E-state index in [9.17, 15) is 14.7 Å². The first-order chi connectivity index (χ1) is 13.7. The van der Waals surface area contributed by atoms with Crippen molar-refractivity contribution in [3.8, 4) is 0 Å². The molecule has 0 aromatic heterocycles. The van der Waals surface area contributed by atoms with Gasteiger partial charge in [0.05, 0.1) is 5.41 Å². The summed E-state index contributed by atoms with van der Waals surface area (Å²) >= 11 is 0. The Balaban J connectivity index is 0.00000204. The molecule has 0 aliphatic carbocycles. The molecule has 0 heterocycles. The fraction of sp³-hybridized carbons (Fsp3) is 0.417. The van der Waals surface area contributed by atoms with Gasteiger partial charge in [-0.2, -0.15) is 0 Å². The van der Waals surface area contributed by atoms with Gasteiger partial charge in [0, 0.05) is 12.0 Å². The number of carbonyl (C=O) groups is 2. The van der Waals surface area contributed by atoms with Gasteiger partial charge >= 0.3 is 15.1 Å². The van der Waals surface area contributed by atoms with Crippen LogP contribution in [0.3, 0.4) is 0 Å². The lowest BCUT2D eigenvalue weighted by Gasteiger charge is -2.25. The van der Waals surface area contributed by atoms with Crippen molar-refractivity contribution in [1.29, 1.82) is 0 Å². The number of hydrogen-bond acceptors (Lipinski definition) is 3. The lowest BCUT2D eigenvalue weighted by atomic mass is 9.79. The average molecular weight is 415 g/mol. The molecule has 0 amide bonds. The van der Waals surface area contributed by atoms with Gasteiger partial charge in [-0.1, -0.05) is 59.0 Å². The zero-order valence-electron chi connectivity index (χ0n) is 17.8. The Bertz CT molecular complexity index is 809. The molecule has 0 bridgehead atoms. The second kappa shape index (κ2) is 11.6. The number of Topliss-reactive ketones (excluding diaryl/α,β-unsaturated/α-hetero) is 1. The van der Waals surface area contributed by atoms with Crippen LogP contribution in [0, 0.1) is 26.2 Å².